The number of urea groups is 1. The van der Waals surface area contributed by atoms with E-state index in [1.807, 2.05) is 11.9 Å². The van der Waals surface area contributed by atoms with Gasteiger partial charge in [0.2, 0.25) is 0 Å². The first-order valence-corrected chi connectivity index (χ1v) is 15.3. The summed E-state index contributed by atoms with van der Waals surface area (Å²) in [5.41, 5.74) is 0.590. The van der Waals surface area contributed by atoms with E-state index in [0.717, 1.165) is 44.6 Å². The van der Waals surface area contributed by atoms with Crippen molar-refractivity contribution >= 4 is 6.03 Å². The third-order valence-corrected chi connectivity index (χ3v) is 10.0. The van der Waals surface area contributed by atoms with E-state index < -0.39 is 23.5 Å². The van der Waals surface area contributed by atoms with Gasteiger partial charge in [-0.15, -0.1) is 0 Å². The van der Waals surface area contributed by atoms with Crippen molar-refractivity contribution in [1.82, 2.24) is 24.7 Å². The van der Waals surface area contributed by atoms with Crippen LogP contribution in [0.2, 0.25) is 0 Å². The van der Waals surface area contributed by atoms with Gasteiger partial charge in [-0.2, -0.15) is 0 Å². The van der Waals surface area contributed by atoms with Crippen molar-refractivity contribution in [1.29, 1.82) is 0 Å². The minimum absolute atomic E-state index is 0.110. The van der Waals surface area contributed by atoms with Crippen LogP contribution in [0, 0.1) is 28.8 Å². The Balaban J connectivity index is 1.21. The molecule has 3 aliphatic rings. The molecule has 7 nitrogen and oxygen atoms in total. The predicted octanol–water partition coefficient (Wildman–Crippen LogP) is 5.76. The van der Waals surface area contributed by atoms with Gasteiger partial charge in [0.15, 0.2) is 0 Å². The summed E-state index contributed by atoms with van der Waals surface area (Å²) in [4.78, 5) is 35.3. The second-order valence-electron chi connectivity index (χ2n) is 12.4. The molecule has 1 aliphatic carbocycles. The Labute approximate surface area is 249 Å². The van der Waals surface area contributed by atoms with Gasteiger partial charge in [0.25, 0.3) is 5.56 Å². The van der Waals surface area contributed by atoms with Crippen LogP contribution in [0.4, 0.5) is 18.0 Å². The number of aromatic nitrogens is 2. The highest BCUT2D eigenvalue weighted by molar-refractivity contribution is 5.75. The highest BCUT2D eigenvalue weighted by Crippen LogP contribution is 2.49. The summed E-state index contributed by atoms with van der Waals surface area (Å²) in [5, 5.41) is 3.26. The highest BCUT2D eigenvalue weighted by atomic mass is 19.1. The van der Waals surface area contributed by atoms with Crippen LogP contribution in [0.5, 0.6) is 0 Å². The molecule has 1 saturated carbocycles. The van der Waals surface area contributed by atoms with Crippen LogP contribution in [0.25, 0.3) is 11.3 Å². The van der Waals surface area contributed by atoms with E-state index in [0.29, 0.717) is 49.4 Å². The number of hydrogen-bond acceptors (Lipinski definition) is 4. The Morgan fingerprint density at radius 1 is 1.02 bits per heavy atom. The number of carbonyl (C=O) groups excluding carboxylic acids is 1. The average molecular weight is 594 g/mol. The van der Waals surface area contributed by atoms with E-state index >= 15 is 0 Å². The normalized spacial score (nSPS) is 23.6. The van der Waals surface area contributed by atoms with E-state index in [1.54, 1.807) is 27.7 Å². The number of likely N-dealkylation sites (tertiary alicyclic amines) is 2. The molecule has 1 N–H and O–H groups in total. The summed E-state index contributed by atoms with van der Waals surface area (Å²) in [6, 6.07) is 10.8. The maximum absolute atomic E-state index is 15.0. The van der Waals surface area contributed by atoms with E-state index in [-0.39, 0.29) is 29.0 Å². The van der Waals surface area contributed by atoms with Gasteiger partial charge < -0.3 is 15.1 Å². The molecule has 3 fully saturated rings. The summed E-state index contributed by atoms with van der Waals surface area (Å²) >= 11 is 0. The van der Waals surface area contributed by atoms with Crippen molar-refractivity contribution in [2.45, 2.75) is 63.6 Å². The topological polar surface area (TPSA) is 70.5 Å². The van der Waals surface area contributed by atoms with Crippen molar-refractivity contribution in [3.8, 4) is 11.3 Å². The zero-order chi connectivity index (χ0) is 30.1. The third-order valence-electron chi connectivity index (χ3n) is 10.0. The van der Waals surface area contributed by atoms with Crippen LogP contribution in [0.1, 0.15) is 56.6 Å². The van der Waals surface area contributed by atoms with Crippen molar-refractivity contribution in [2.75, 3.05) is 26.7 Å². The minimum Gasteiger partial charge on any atom is -0.324 e. The number of rotatable bonds is 5. The number of halogens is 3. The van der Waals surface area contributed by atoms with E-state index in [4.69, 9.17) is 0 Å². The van der Waals surface area contributed by atoms with Gasteiger partial charge in [0.05, 0.1) is 18.1 Å². The van der Waals surface area contributed by atoms with Gasteiger partial charge in [0, 0.05) is 55.5 Å². The SMILES string of the molecule is CN[C@@H]1CCN(C(=O)N2CC[C@@H](Cn3cnc(-c4ccccc4F)cc3=O)C3(CCCC3)C2)[C@H](c2ccc(F)cc2F)C1. The Morgan fingerprint density at radius 3 is 2.53 bits per heavy atom. The molecular formula is C33H38F3N5O2. The summed E-state index contributed by atoms with van der Waals surface area (Å²) < 4.78 is 44.6. The van der Waals surface area contributed by atoms with Crippen molar-refractivity contribution in [3.63, 3.8) is 0 Å². The second-order valence-corrected chi connectivity index (χ2v) is 12.4. The molecule has 3 atom stereocenters. The lowest BCUT2D eigenvalue weighted by Crippen LogP contribution is -2.57. The smallest absolute Gasteiger partial charge is 0.320 e. The van der Waals surface area contributed by atoms with Crippen LogP contribution in [0.3, 0.4) is 0 Å². The summed E-state index contributed by atoms with van der Waals surface area (Å²) in [5.74, 6) is -1.51. The van der Waals surface area contributed by atoms with E-state index in [9.17, 15) is 22.8 Å². The number of carbonyl (C=O) groups is 1. The van der Waals surface area contributed by atoms with Crippen molar-refractivity contribution in [3.05, 3.63) is 88.2 Å². The van der Waals surface area contributed by atoms with Gasteiger partial charge in [0.1, 0.15) is 17.5 Å². The lowest BCUT2D eigenvalue weighted by Gasteiger charge is -2.49. The minimum atomic E-state index is -0.637. The quantitative estimate of drug-likeness (QED) is 0.409. The molecule has 1 spiro atoms. The fraction of sp³-hybridized carbons (Fsp3) is 0.485. The van der Waals surface area contributed by atoms with Crippen molar-refractivity contribution in [2.24, 2.45) is 11.3 Å². The number of nitrogens with zero attached hydrogens (tertiary/aromatic N) is 4. The fourth-order valence-corrected chi connectivity index (χ4v) is 7.62. The van der Waals surface area contributed by atoms with Gasteiger partial charge in [-0.05, 0) is 68.7 Å². The number of piperidine rings is 2. The Bertz CT molecular complexity index is 1540. The average Bonchev–Trinajstić information content (AvgIpc) is 3.47. The van der Waals surface area contributed by atoms with Crippen molar-refractivity contribution < 1.29 is 18.0 Å². The molecule has 0 unspecified atom stereocenters. The molecule has 43 heavy (non-hydrogen) atoms. The highest BCUT2D eigenvalue weighted by Gasteiger charge is 2.47. The van der Waals surface area contributed by atoms with E-state index in [1.165, 1.54) is 30.6 Å². The Kier molecular flexibility index (Phi) is 8.31. The maximum Gasteiger partial charge on any atom is 0.320 e. The monoisotopic (exact) mass is 593 g/mol. The third kappa shape index (κ3) is 5.81. The van der Waals surface area contributed by atoms with Gasteiger partial charge in [-0.1, -0.05) is 31.0 Å². The largest absolute Gasteiger partial charge is 0.324 e. The first kappa shape index (κ1) is 29.4. The summed E-state index contributed by atoms with van der Waals surface area (Å²) in [6.45, 7) is 2.08. The Hall–Kier alpha value is -3.66. The molecule has 6 rings (SSSR count). The first-order valence-electron chi connectivity index (χ1n) is 15.3. The van der Waals surface area contributed by atoms with Crippen LogP contribution in [0.15, 0.2) is 59.7 Å². The Morgan fingerprint density at radius 2 is 1.81 bits per heavy atom. The van der Waals surface area contributed by atoms with Crippen LogP contribution < -0.4 is 10.9 Å². The molecule has 2 saturated heterocycles. The first-order chi connectivity index (χ1) is 20.8. The van der Waals surface area contributed by atoms with Gasteiger partial charge >= 0.3 is 6.03 Å². The van der Waals surface area contributed by atoms with Crippen LogP contribution in [-0.4, -0.2) is 58.1 Å². The molecule has 2 aromatic carbocycles. The number of benzene rings is 2. The number of amides is 2. The zero-order valence-corrected chi connectivity index (χ0v) is 24.4. The fourth-order valence-electron chi connectivity index (χ4n) is 7.62. The molecular weight excluding hydrogens is 555 g/mol. The maximum atomic E-state index is 15.0. The molecule has 3 heterocycles. The zero-order valence-electron chi connectivity index (χ0n) is 24.4. The lowest BCUT2D eigenvalue weighted by molar-refractivity contribution is 0.0205. The molecule has 2 aliphatic heterocycles. The lowest BCUT2D eigenvalue weighted by atomic mass is 9.69. The number of hydrogen-bond donors (Lipinski definition) is 1. The van der Waals surface area contributed by atoms with Crippen LogP contribution >= 0.6 is 0 Å². The van der Waals surface area contributed by atoms with E-state index in [2.05, 4.69) is 10.3 Å². The predicted molar refractivity (Wildman–Crippen MR) is 158 cm³/mol. The van der Waals surface area contributed by atoms with Gasteiger partial charge in [-0.3, -0.25) is 9.36 Å². The molecule has 1 aromatic heterocycles. The molecule has 2 amide bonds. The van der Waals surface area contributed by atoms with Gasteiger partial charge in [-0.25, -0.2) is 22.9 Å². The molecule has 0 bridgehead atoms. The molecule has 3 aromatic rings. The van der Waals surface area contributed by atoms with Crippen LogP contribution in [-0.2, 0) is 6.54 Å². The number of nitrogens with one attached hydrogen (secondary N) is 1. The molecule has 10 heteroatoms. The summed E-state index contributed by atoms with van der Waals surface area (Å²) in [7, 11) is 1.86. The molecule has 228 valence electrons. The summed E-state index contributed by atoms with van der Waals surface area (Å²) in [6.07, 6.45) is 7.61. The molecule has 0 radical (unpaired) electrons. The standard InChI is InChI=1S/C33H38F3N5O2/c1-37-24-11-15-41(30(17-24)26-9-8-23(34)16-28(26)36)32(43)39-14-10-22(33(20-39)12-4-5-13-33)19-40-21-38-29(18-31(40)42)25-6-2-3-7-27(25)35/h2-3,6-9,16,18,21-22,24,30,37H,4-5,10-15,17,19-20H2,1H3/t22-,24+,30-/m0/s1. The second kappa shape index (κ2) is 12.1.